The highest BCUT2D eigenvalue weighted by atomic mass is 35.5. The van der Waals surface area contributed by atoms with E-state index in [1.807, 2.05) is 47.8 Å². The lowest BCUT2D eigenvalue weighted by molar-refractivity contribution is -0.132. The molecule has 3 aromatic rings. The number of halogens is 1. The maximum atomic E-state index is 13.0. The number of benzene rings is 1. The topological polar surface area (TPSA) is 57.8 Å². The van der Waals surface area contributed by atoms with Crippen LogP contribution in [-0.2, 0) is 4.79 Å². The summed E-state index contributed by atoms with van der Waals surface area (Å²) >= 11 is 7.67. The van der Waals surface area contributed by atoms with Crippen LogP contribution in [0, 0.1) is 0 Å². The molecule has 7 heteroatoms. The molecule has 5 nitrogen and oxygen atoms in total. The molecular weight excluding hydrogens is 394 g/mol. The summed E-state index contributed by atoms with van der Waals surface area (Å²) in [5.41, 5.74) is 1.80. The largest absolute Gasteiger partial charge is 0.467 e. The first-order chi connectivity index (χ1) is 13.6. The number of carbonyl (C=O) groups is 1. The highest BCUT2D eigenvalue weighted by Gasteiger charge is 2.34. The molecule has 4 rings (SSSR count). The zero-order valence-corrected chi connectivity index (χ0v) is 16.9. The van der Waals surface area contributed by atoms with Gasteiger partial charge in [-0.2, -0.15) is 5.10 Å². The fourth-order valence-electron chi connectivity index (χ4n) is 3.22. The van der Waals surface area contributed by atoms with Crippen molar-refractivity contribution in [2.75, 3.05) is 6.54 Å². The second-order valence-electron chi connectivity index (χ2n) is 6.65. The standard InChI is InChI=1S/C21H20ClN3O2S/c1-14(20-5-3-11-28-20)23-13-21(26)25-18(19-4-2-10-27-19)12-17(24-25)15-6-8-16(22)9-7-15/h2-11,14,18,23H,12-13H2,1H3/t14-,18+/m1/s1. The maximum absolute atomic E-state index is 13.0. The highest BCUT2D eigenvalue weighted by molar-refractivity contribution is 7.10. The molecule has 0 fully saturated rings. The van der Waals surface area contributed by atoms with Gasteiger partial charge in [-0.1, -0.05) is 29.8 Å². The van der Waals surface area contributed by atoms with Crippen LogP contribution in [0.4, 0.5) is 0 Å². The summed E-state index contributed by atoms with van der Waals surface area (Å²) in [6.07, 6.45) is 2.22. The van der Waals surface area contributed by atoms with Gasteiger partial charge in [0.25, 0.3) is 5.91 Å². The van der Waals surface area contributed by atoms with Crippen LogP contribution in [0.2, 0.25) is 5.02 Å². The van der Waals surface area contributed by atoms with Gasteiger partial charge in [-0.3, -0.25) is 4.79 Å². The summed E-state index contributed by atoms with van der Waals surface area (Å²) in [6, 6.07) is 15.1. The lowest BCUT2D eigenvalue weighted by Gasteiger charge is -2.21. The number of nitrogens with zero attached hydrogens (tertiary/aromatic N) is 2. The number of hydrogen-bond donors (Lipinski definition) is 1. The van der Waals surface area contributed by atoms with Crippen LogP contribution in [0.15, 0.2) is 69.7 Å². The van der Waals surface area contributed by atoms with Crippen molar-refractivity contribution in [1.29, 1.82) is 0 Å². The molecule has 1 N–H and O–H groups in total. The van der Waals surface area contributed by atoms with E-state index in [2.05, 4.69) is 23.4 Å². The normalized spacial score (nSPS) is 17.6. The predicted octanol–water partition coefficient (Wildman–Crippen LogP) is 5.02. The van der Waals surface area contributed by atoms with Gasteiger partial charge in [-0.15, -0.1) is 11.3 Å². The predicted molar refractivity (Wildman–Crippen MR) is 112 cm³/mol. The van der Waals surface area contributed by atoms with Crippen molar-refractivity contribution in [2.45, 2.75) is 25.4 Å². The Balaban J connectivity index is 1.52. The van der Waals surface area contributed by atoms with E-state index in [9.17, 15) is 4.79 Å². The van der Waals surface area contributed by atoms with Crippen LogP contribution in [-0.4, -0.2) is 23.2 Å². The molecule has 0 radical (unpaired) electrons. The van der Waals surface area contributed by atoms with Gasteiger partial charge in [0.2, 0.25) is 0 Å². The number of rotatable bonds is 6. The van der Waals surface area contributed by atoms with Gasteiger partial charge in [-0.25, -0.2) is 5.01 Å². The molecule has 1 aliphatic rings. The molecule has 3 heterocycles. The second-order valence-corrected chi connectivity index (χ2v) is 8.06. The third kappa shape index (κ3) is 4.04. The third-order valence-corrected chi connectivity index (χ3v) is 6.05. The highest BCUT2D eigenvalue weighted by Crippen LogP contribution is 2.33. The quantitative estimate of drug-likeness (QED) is 0.617. The van der Waals surface area contributed by atoms with Gasteiger partial charge in [0.15, 0.2) is 0 Å². The van der Waals surface area contributed by atoms with Gasteiger partial charge in [0, 0.05) is 22.4 Å². The Bertz CT molecular complexity index is 952. The molecule has 2 atom stereocenters. The number of hydrazone groups is 1. The van der Waals surface area contributed by atoms with Crippen LogP contribution < -0.4 is 5.32 Å². The number of furan rings is 1. The Kier molecular flexibility index (Phi) is 5.62. The molecule has 2 aromatic heterocycles. The molecule has 0 saturated heterocycles. The van der Waals surface area contributed by atoms with E-state index in [1.54, 1.807) is 17.6 Å². The summed E-state index contributed by atoms with van der Waals surface area (Å²) in [5, 5.41) is 12.2. The summed E-state index contributed by atoms with van der Waals surface area (Å²) in [6.45, 7) is 2.25. The van der Waals surface area contributed by atoms with E-state index in [4.69, 9.17) is 16.0 Å². The number of amides is 1. The van der Waals surface area contributed by atoms with Crippen molar-refractivity contribution < 1.29 is 9.21 Å². The monoisotopic (exact) mass is 413 g/mol. The van der Waals surface area contributed by atoms with Crippen LogP contribution >= 0.6 is 22.9 Å². The molecule has 0 bridgehead atoms. The van der Waals surface area contributed by atoms with E-state index in [1.165, 1.54) is 9.89 Å². The molecule has 0 aliphatic carbocycles. The van der Waals surface area contributed by atoms with Gasteiger partial charge >= 0.3 is 0 Å². The smallest absolute Gasteiger partial charge is 0.257 e. The van der Waals surface area contributed by atoms with Gasteiger partial charge in [-0.05, 0) is 48.2 Å². The first-order valence-corrected chi connectivity index (χ1v) is 10.3. The lowest BCUT2D eigenvalue weighted by atomic mass is 10.0. The molecule has 1 amide bonds. The Hall–Kier alpha value is -2.41. The summed E-state index contributed by atoms with van der Waals surface area (Å²) in [7, 11) is 0. The Morgan fingerprint density at radius 1 is 1.32 bits per heavy atom. The van der Waals surface area contributed by atoms with E-state index in [-0.39, 0.29) is 24.5 Å². The fraction of sp³-hybridized carbons (Fsp3) is 0.238. The van der Waals surface area contributed by atoms with Gasteiger partial charge in [0.05, 0.1) is 18.5 Å². The van der Waals surface area contributed by atoms with Crippen LogP contribution in [0.5, 0.6) is 0 Å². The van der Waals surface area contributed by atoms with E-state index >= 15 is 0 Å². The number of nitrogens with one attached hydrogen (secondary N) is 1. The van der Waals surface area contributed by atoms with E-state index < -0.39 is 0 Å². The van der Waals surface area contributed by atoms with Crippen molar-refractivity contribution in [2.24, 2.45) is 5.10 Å². The molecule has 1 aromatic carbocycles. The minimum atomic E-state index is -0.243. The molecule has 1 aliphatic heterocycles. The van der Waals surface area contributed by atoms with Crippen LogP contribution in [0.25, 0.3) is 0 Å². The Morgan fingerprint density at radius 3 is 2.82 bits per heavy atom. The average Bonchev–Trinajstić information content (AvgIpc) is 3.47. The van der Waals surface area contributed by atoms with Gasteiger partial charge < -0.3 is 9.73 Å². The van der Waals surface area contributed by atoms with Crippen molar-refractivity contribution >= 4 is 34.6 Å². The average molecular weight is 414 g/mol. The van der Waals surface area contributed by atoms with Crippen molar-refractivity contribution in [3.63, 3.8) is 0 Å². The summed E-state index contributed by atoms with van der Waals surface area (Å²) < 4.78 is 5.58. The zero-order chi connectivity index (χ0) is 19.5. The van der Waals surface area contributed by atoms with E-state index in [0.29, 0.717) is 11.4 Å². The molecule has 0 unspecified atom stereocenters. The number of hydrogen-bond acceptors (Lipinski definition) is 5. The molecule has 28 heavy (non-hydrogen) atoms. The maximum Gasteiger partial charge on any atom is 0.257 e. The SMILES string of the molecule is C[C@@H](NCC(=O)N1N=C(c2ccc(Cl)cc2)C[C@H]1c1ccco1)c1cccs1. The second kappa shape index (κ2) is 8.31. The van der Waals surface area contributed by atoms with E-state index in [0.717, 1.165) is 17.0 Å². The first-order valence-electron chi connectivity index (χ1n) is 9.07. The molecule has 0 spiro atoms. The van der Waals surface area contributed by atoms with Crippen LogP contribution in [0.3, 0.4) is 0 Å². The fourth-order valence-corrected chi connectivity index (χ4v) is 4.10. The summed E-state index contributed by atoms with van der Waals surface area (Å²) in [5.74, 6) is 0.640. The molecule has 0 saturated carbocycles. The Labute approximate surface area is 172 Å². The number of carbonyl (C=O) groups excluding carboxylic acids is 1. The molecule has 144 valence electrons. The first kappa shape index (κ1) is 18.9. The van der Waals surface area contributed by atoms with Crippen molar-refractivity contribution in [3.8, 4) is 0 Å². The lowest BCUT2D eigenvalue weighted by Crippen LogP contribution is -2.36. The third-order valence-electron chi connectivity index (χ3n) is 4.74. The minimum absolute atomic E-state index is 0.0891. The van der Waals surface area contributed by atoms with Crippen molar-refractivity contribution in [1.82, 2.24) is 10.3 Å². The van der Waals surface area contributed by atoms with Crippen molar-refractivity contribution in [3.05, 3.63) is 81.4 Å². The zero-order valence-electron chi connectivity index (χ0n) is 15.3. The van der Waals surface area contributed by atoms with Gasteiger partial charge in [0.1, 0.15) is 11.8 Å². The summed E-state index contributed by atoms with van der Waals surface area (Å²) in [4.78, 5) is 14.1. The Morgan fingerprint density at radius 2 is 2.14 bits per heavy atom. The number of thiophene rings is 1. The molecular formula is C21H20ClN3O2S. The van der Waals surface area contributed by atoms with Crippen LogP contribution in [0.1, 0.15) is 41.6 Å². The minimum Gasteiger partial charge on any atom is -0.467 e.